The maximum atomic E-state index is 13.4. The van der Waals surface area contributed by atoms with Crippen LogP contribution in [0.2, 0.25) is 0 Å². The van der Waals surface area contributed by atoms with Crippen LogP contribution in [0.1, 0.15) is 30.5 Å². The van der Waals surface area contributed by atoms with Crippen molar-refractivity contribution >= 4 is 0 Å². The van der Waals surface area contributed by atoms with Crippen LogP contribution in [0.15, 0.2) is 18.2 Å². The minimum Gasteiger partial charge on any atom is -0.383 e. The van der Waals surface area contributed by atoms with Crippen molar-refractivity contribution in [3.63, 3.8) is 0 Å². The number of ether oxygens (including phenoxy) is 1. The molecule has 1 unspecified atom stereocenters. The second kappa shape index (κ2) is 6.61. The smallest absolute Gasteiger partial charge is 0.126 e. The van der Waals surface area contributed by atoms with Gasteiger partial charge in [-0.2, -0.15) is 0 Å². The van der Waals surface area contributed by atoms with Crippen molar-refractivity contribution in [2.75, 3.05) is 20.3 Å². The number of aryl methyl sites for hydroxylation is 1. The van der Waals surface area contributed by atoms with E-state index in [1.165, 1.54) is 0 Å². The van der Waals surface area contributed by atoms with Crippen molar-refractivity contribution in [1.29, 1.82) is 0 Å². The zero-order chi connectivity index (χ0) is 12.0. The summed E-state index contributed by atoms with van der Waals surface area (Å²) >= 11 is 0. The first kappa shape index (κ1) is 13.1. The second-order valence-corrected chi connectivity index (χ2v) is 3.97. The average molecular weight is 225 g/mol. The van der Waals surface area contributed by atoms with Crippen LogP contribution >= 0.6 is 0 Å². The van der Waals surface area contributed by atoms with Gasteiger partial charge in [0, 0.05) is 7.11 Å². The fraction of sp³-hybridized carbons (Fsp3) is 0.538. The van der Waals surface area contributed by atoms with E-state index >= 15 is 0 Å². The maximum absolute atomic E-state index is 13.4. The third-order valence-electron chi connectivity index (χ3n) is 2.57. The summed E-state index contributed by atoms with van der Waals surface area (Å²) in [5, 5.41) is 3.34. The van der Waals surface area contributed by atoms with Crippen LogP contribution in [0.25, 0.3) is 0 Å². The quantitative estimate of drug-likeness (QED) is 0.803. The molecule has 0 aliphatic rings. The van der Waals surface area contributed by atoms with Crippen molar-refractivity contribution in [2.45, 2.75) is 26.3 Å². The Morgan fingerprint density at radius 2 is 2.19 bits per heavy atom. The summed E-state index contributed by atoms with van der Waals surface area (Å²) in [6, 6.07) is 5.41. The summed E-state index contributed by atoms with van der Waals surface area (Å²) in [5.41, 5.74) is 1.62. The monoisotopic (exact) mass is 225 g/mol. The zero-order valence-corrected chi connectivity index (χ0v) is 10.2. The topological polar surface area (TPSA) is 21.3 Å². The van der Waals surface area contributed by atoms with E-state index in [0.717, 1.165) is 18.5 Å². The third-order valence-corrected chi connectivity index (χ3v) is 2.57. The normalized spacial score (nSPS) is 12.8. The van der Waals surface area contributed by atoms with E-state index < -0.39 is 0 Å². The van der Waals surface area contributed by atoms with Gasteiger partial charge in [0.2, 0.25) is 0 Å². The summed E-state index contributed by atoms with van der Waals surface area (Å²) in [4.78, 5) is 0. The molecule has 0 spiro atoms. The Labute approximate surface area is 96.8 Å². The van der Waals surface area contributed by atoms with Gasteiger partial charge in [-0.25, -0.2) is 4.39 Å². The predicted molar refractivity (Wildman–Crippen MR) is 64.0 cm³/mol. The number of rotatable bonds is 6. The predicted octanol–water partition coefficient (Wildman–Crippen LogP) is 2.82. The Kier molecular flexibility index (Phi) is 5.43. The molecule has 0 bridgehead atoms. The molecule has 1 N–H and O–H groups in total. The maximum Gasteiger partial charge on any atom is 0.126 e. The van der Waals surface area contributed by atoms with Crippen LogP contribution in [-0.4, -0.2) is 20.3 Å². The van der Waals surface area contributed by atoms with E-state index in [9.17, 15) is 4.39 Å². The number of hydrogen-bond donors (Lipinski definition) is 1. The largest absolute Gasteiger partial charge is 0.383 e. The van der Waals surface area contributed by atoms with E-state index in [1.54, 1.807) is 26.2 Å². The van der Waals surface area contributed by atoms with E-state index in [4.69, 9.17) is 4.74 Å². The van der Waals surface area contributed by atoms with Gasteiger partial charge < -0.3 is 10.1 Å². The third kappa shape index (κ3) is 3.58. The molecule has 0 radical (unpaired) electrons. The SMILES string of the molecule is CCCNC(COC)c1ccc(C)c(F)c1. The molecule has 1 aromatic carbocycles. The molecule has 0 aliphatic heterocycles. The molecule has 0 fully saturated rings. The Morgan fingerprint density at radius 3 is 2.75 bits per heavy atom. The van der Waals surface area contributed by atoms with Gasteiger partial charge in [0.1, 0.15) is 5.82 Å². The number of methoxy groups -OCH3 is 1. The molecule has 1 atom stereocenters. The van der Waals surface area contributed by atoms with E-state index in [0.29, 0.717) is 12.2 Å². The number of benzene rings is 1. The number of halogens is 1. The fourth-order valence-electron chi connectivity index (χ4n) is 1.58. The Morgan fingerprint density at radius 1 is 1.44 bits per heavy atom. The first-order chi connectivity index (χ1) is 7.69. The summed E-state index contributed by atoms with van der Waals surface area (Å²) in [5.74, 6) is -0.156. The highest BCUT2D eigenvalue weighted by atomic mass is 19.1. The lowest BCUT2D eigenvalue weighted by Gasteiger charge is -2.18. The summed E-state index contributed by atoms with van der Waals surface area (Å²) in [6.45, 7) is 5.34. The van der Waals surface area contributed by atoms with Crippen molar-refractivity contribution in [1.82, 2.24) is 5.32 Å². The van der Waals surface area contributed by atoms with Gasteiger partial charge >= 0.3 is 0 Å². The minimum absolute atomic E-state index is 0.0695. The first-order valence-electron chi connectivity index (χ1n) is 5.67. The summed E-state index contributed by atoms with van der Waals surface area (Å²) in [7, 11) is 1.66. The lowest BCUT2D eigenvalue weighted by Crippen LogP contribution is -2.26. The molecule has 2 nitrogen and oxygen atoms in total. The lowest BCUT2D eigenvalue weighted by atomic mass is 10.1. The second-order valence-electron chi connectivity index (χ2n) is 3.97. The van der Waals surface area contributed by atoms with E-state index in [2.05, 4.69) is 12.2 Å². The molecule has 0 amide bonds. The van der Waals surface area contributed by atoms with Crippen LogP contribution in [0.5, 0.6) is 0 Å². The molecule has 0 saturated heterocycles. The first-order valence-corrected chi connectivity index (χ1v) is 5.67. The lowest BCUT2D eigenvalue weighted by molar-refractivity contribution is 0.167. The van der Waals surface area contributed by atoms with Gasteiger partial charge in [0.15, 0.2) is 0 Å². The molecule has 0 aliphatic carbocycles. The van der Waals surface area contributed by atoms with Crippen LogP contribution in [0.4, 0.5) is 4.39 Å². The van der Waals surface area contributed by atoms with E-state index in [1.807, 2.05) is 6.07 Å². The summed E-state index contributed by atoms with van der Waals surface area (Å²) < 4.78 is 18.6. The number of hydrogen-bond acceptors (Lipinski definition) is 2. The standard InChI is InChI=1S/C13H20FNO/c1-4-7-15-13(9-16-3)11-6-5-10(2)12(14)8-11/h5-6,8,13,15H,4,7,9H2,1-3H3. The fourth-order valence-corrected chi connectivity index (χ4v) is 1.58. The van der Waals surface area contributed by atoms with Crippen LogP contribution < -0.4 is 5.32 Å². The average Bonchev–Trinajstić information content (AvgIpc) is 2.28. The molecule has 0 saturated carbocycles. The summed E-state index contributed by atoms with van der Waals surface area (Å²) in [6.07, 6.45) is 1.05. The van der Waals surface area contributed by atoms with Crippen molar-refractivity contribution in [2.24, 2.45) is 0 Å². The van der Waals surface area contributed by atoms with Crippen molar-refractivity contribution < 1.29 is 9.13 Å². The Hall–Kier alpha value is -0.930. The van der Waals surface area contributed by atoms with Gasteiger partial charge in [0.25, 0.3) is 0 Å². The van der Waals surface area contributed by atoms with Crippen LogP contribution in [-0.2, 0) is 4.74 Å². The molecule has 90 valence electrons. The van der Waals surface area contributed by atoms with Gasteiger partial charge in [-0.05, 0) is 37.1 Å². The highest BCUT2D eigenvalue weighted by molar-refractivity contribution is 5.25. The van der Waals surface area contributed by atoms with Gasteiger partial charge in [-0.15, -0.1) is 0 Å². The molecule has 1 aromatic rings. The molecule has 0 heterocycles. The zero-order valence-electron chi connectivity index (χ0n) is 10.2. The molecule has 1 rings (SSSR count). The Bertz CT molecular complexity index is 328. The molecular weight excluding hydrogens is 205 g/mol. The molecular formula is C13H20FNO. The Balaban J connectivity index is 2.78. The number of nitrogens with one attached hydrogen (secondary N) is 1. The van der Waals surface area contributed by atoms with Gasteiger partial charge in [-0.1, -0.05) is 19.1 Å². The minimum atomic E-state index is -0.156. The molecule has 16 heavy (non-hydrogen) atoms. The van der Waals surface area contributed by atoms with Gasteiger partial charge in [-0.3, -0.25) is 0 Å². The van der Waals surface area contributed by atoms with E-state index in [-0.39, 0.29) is 11.9 Å². The van der Waals surface area contributed by atoms with Gasteiger partial charge in [0.05, 0.1) is 12.6 Å². The van der Waals surface area contributed by atoms with Crippen molar-refractivity contribution in [3.05, 3.63) is 35.1 Å². The van der Waals surface area contributed by atoms with Crippen molar-refractivity contribution in [3.8, 4) is 0 Å². The van der Waals surface area contributed by atoms with Crippen LogP contribution in [0, 0.1) is 12.7 Å². The highest BCUT2D eigenvalue weighted by Gasteiger charge is 2.11. The molecule has 3 heteroatoms. The van der Waals surface area contributed by atoms with Crippen LogP contribution in [0.3, 0.4) is 0 Å². The highest BCUT2D eigenvalue weighted by Crippen LogP contribution is 2.17. The molecule has 0 aromatic heterocycles.